The van der Waals surface area contributed by atoms with Crippen molar-refractivity contribution in [1.29, 1.82) is 0 Å². The van der Waals surface area contributed by atoms with Gasteiger partial charge in [-0.05, 0) is 12.1 Å². The highest BCUT2D eigenvalue weighted by Crippen LogP contribution is 2.21. The zero-order valence-electron chi connectivity index (χ0n) is 9.56. The van der Waals surface area contributed by atoms with Crippen LogP contribution in [-0.4, -0.2) is 15.7 Å². The third kappa shape index (κ3) is 3.03. The Morgan fingerprint density at radius 1 is 1.44 bits per heavy atom. The maximum Gasteiger partial charge on any atom is 0.341 e. The van der Waals surface area contributed by atoms with Crippen LogP contribution in [-0.2, 0) is 18.4 Å². The molecule has 2 rings (SSSR count). The number of hydrogen-bond acceptors (Lipinski definition) is 3. The highest BCUT2D eigenvalue weighted by Gasteiger charge is 2.10. The second-order valence-electron chi connectivity index (χ2n) is 3.71. The summed E-state index contributed by atoms with van der Waals surface area (Å²) in [6.45, 7) is 0.101. The number of aryl methyl sites for hydroxylation is 1. The standard InChI is InChI=1S/C12H10Cl2N2O2/c1-16-6-9(5-15-16)12(17)18-7-8-2-3-10(13)4-11(8)14/h2-6H,7H2,1H3. The van der Waals surface area contributed by atoms with Gasteiger partial charge in [-0.1, -0.05) is 29.3 Å². The quantitative estimate of drug-likeness (QED) is 0.814. The monoisotopic (exact) mass is 284 g/mol. The second kappa shape index (κ2) is 5.42. The minimum atomic E-state index is -0.436. The second-order valence-corrected chi connectivity index (χ2v) is 4.56. The molecule has 18 heavy (non-hydrogen) atoms. The van der Waals surface area contributed by atoms with Gasteiger partial charge in [-0.3, -0.25) is 4.68 Å². The van der Waals surface area contributed by atoms with Gasteiger partial charge in [0.1, 0.15) is 6.61 Å². The Labute approximate surface area is 114 Å². The number of esters is 1. The van der Waals surface area contributed by atoms with Gasteiger partial charge in [0.05, 0.1) is 11.8 Å². The predicted molar refractivity (Wildman–Crippen MR) is 68.8 cm³/mol. The van der Waals surface area contributed by atoms with Crippen LogP contribution in [0, 0.1) is 0 Å². The van der Waals surface area contributed by atoms with Crippen LogP contribution >= 0.6 is 23.2 Å². The average molecular weight is 285 g/mol. The van der Waals surface area contributed by atoms with Crippen LogP contribution in [0.3, 0.4) is 0 Å². The van der Waals surface area contributed by atoms with Crippen LogP contribution in [0.4, 0.5) is 0 Å². The number of carbonyl (C=O) groups is 1. The van der Waals surface area contributed by atoms with E-state index >= 15 is 0 Å². The van der Waals surface area contributed by atoms with Crippen molar-refractivity contribution in [2.75, 3.05) is 0 Å². The third-order valence-electron chi connectivity index (χ3n) is 2.31. The molecule has 2 aromatic rings. The Morgan fingerprint density at radius 3 is 2.83 bits per heavy atom. The van der Waals surface area contributed by atoms with Crippen LogP contribution in [0.2, 0.25) is 10.0 Å². The molecule has 0 saturated heterocycles. The molecule has 4 nitrogen and oxygen atoms in total. The van der Waals surface area contributed by atoms with Crippen molar-refractivity contribution < 1.29 is 9.53 Å². The summed E-state index contributed by atoms with van der Waals surface area (Å²) >= 11 is 11.7. The van der Waals surface area contributed by atoms with Gasteiger partial charge >= 0.3 is 5.97 Å². The number of rotatable bonds is 3. The Balaban J connectivity index is 2.01. The first-order chi connectivity index (χ1) is 8.56. The molecule has 1 aromatic heterocycles. The molecular formula is C12H10Cl2N2O2. The van der Waals surface area contributed by atoms with Gasteiger partial charge in [-0.2, -0.15) is 5.10 Å². The molecule has 0 aliphatic rings. The summed E-state index contributed by atoms with van der Waals surface area (Å²) in [7, 11) is 1.73. The van der Waals surface area contributed by atoms with E-state index in [2.05, 4.69) is 5.10 Å². The highest BCUT2D eigenvalue weighted by molar-refractivity contribution is 6.35. The predicted octanol–water partition coefficient (Wildman–Crippen LogP) is 3.08. The first-order valence-corrected chi connectivity index (χ1v) is 5.91. The largest absolute Gasteiger partial charge is 0.457 e. The maximum atomic E-state index is 11.7. The highest BCUT2D eigenvalue weighted by atomic mass is 35.5. The van der Waals surface area contributed by atoms with Crippen molar-refractivity contribution in [3.8, 4) is 0 Å². The van der Waals surface area contributed by atoms with Gasteiger partial charge in [0.25, 0.3) is 0 Å². The lowest BCUT2D eigenvalue weighted by atomic mass is 10.2. The lowest BCUT2D eigenvalue weighted by Gasteiger charge is -2.05. The van der Waals surface area contributed by atoms with E-state index in [1.807, 2.05) is 0 Å². The summed E-state index contributed by atoms with van der Waals surface area (Å²) in [6.07, 6.45) is 3.04. The number of halogens is 2. The van der Waals surface area contributed by atoms with Crippen molar-refractivity contribution in [3.05, 3.63) is 51.8 Å². The molecule has 0 aliphatic carbocycles. The fourth-order valence-electron chi connectivity index (χ4n) is 1.39. The first kappa shape index (κ1) is 12.9. The van der Waals surface area contributed by atoms with Crippen LogP contribution in [0.5, 0.6) is 0 Å². The maximum absolute atomic E-state index is 11.7. The summed E-state index contributed by atoms with van der Waals surface area (Å²) in [5.74, 6) is -0.436. The smallest absolute Gasteiger partial charge is 0.341 e. The molecule has 0 N–H and O–H groups in total. The molecule has 0 aliphatic heterocycles. The Kier molecular flexibility index (Phi) is 3.89. The number of aromatic nitrogens is 2. The zero-order valence-corrected chi connectivity index (χ0v) is 11.1. The SMILES string of the molecule is Cn1cc(C(=O)OCc2ccc(Cl)cc2Cl)cn1. The summed E-state index contributed by atoms with van der Waals surface area (Å²) in [4.78, 5) is 11.7. The van der Waals surface area contributed by atoms with Crippen molar-refractivity contribution in [3.63, 3.8) is 0 Å². The number of nitrogens with zero attached hydrogens (tertiary/aromatic N) is 2. The lowest BCUT2D eigenvalue weighted by Crippen LogP contribution is -2.04. The van der Waals surface area contributed by atoms with E-state index < -0.39 is 5.97 Å². The van der Waals surface area contributed by atoms with E-state index in [-0.39, 0.29) is 6.61 Å². The van der Waals surface area contributed by atoms with Crippen molar-refractivity contribution >= 4 is 29.2 Å². The summed E-state index contributed by atoms with van der Waals surface area (Å²) < 4.78 is 6.66. The minimum absolute atomic E-state index is 0.101. The summed E-state index contributed by atoms with van der Waals surface area (Å²) in [5, 5.41) is 4.91. The number of carbonyl (C=O) groups excluding carboxylic acids is 1. The lowest BCUT2D eigenvalue weighted by molar-refractivity contribution is 0.0473. The Morgan fingerprint density at radius 2 is 2.22 bits per heavy atom. The Bertz CT molecular complexity index is 581. The molecule has 0 fully saturated rings. The molecule has 0 bridgehead atoms. The van der Waals surface area contributed by atoms with Gasteiger partial charge in [-0.25, -0.2) is 4.79 Å². The van der Waals surface area contributed by atoms with Crippen molar-refractivity contribution in [1.82, 2.24) is 9.78 Å². The normalized spacial score (nSPS) is 10.4. The number of ether oxygens (including phenoxy) is 1. The molecule has 6 heteroatoms. The van der Waals surface area contributed by atoms with Crippen LogP contribution in [0.15, 0.2) is 30.6 Å². The zero-order chi connectivity index (χ0) is 13.1. The third-order valence-corrected chi connectivity index (χ3v) is 2.90. The van der Waals surface area contributed by atoms with Gasteiger partial charge in [0.15, 0.2) is 0 Å². The van der Waals surface area contributed by atoms with Crippen molar-refractivity contribution in [2.45, 2.75) is 6.61 Å². The van der Waals surface area contributed by atoms with Gasteiger partial charge in [0.2, 0.25) is 0 Å². The molecule has 0 unspecified atom stereocenters. The van der Waals surface area contributed by atoms with Crippen molar-refractivity contribution in [2.24, 2.45) is 7.05 Å². The van der Waals surface area contributed by atoms with Gasteiger partial charge in [-0.15, -0.1) is 0 Å². The molecule has 0 amide bonds. The molecule has 1 heterocycles. The van der Waals surface area contributed by atoms with E-state index in [0.29, 0.717) is 21.2 Å². The summed E-state index contributed by atoms with van der Waals surface area (Å²) in [6, 6.07) is 5.03. The van der Waals surface area contributed by atoms with Crippen LogP contribution < -0.4 is 0 Å². The van der Waals surface area contributed by atoms with Gasteiger partial charge < -0.3 is 4.74 Å². The molecule has 0 radical (unpaired) electrons. The molecule has 0 saturated carbocycles. The fraction of sp³-hybridized carbons (Fsp3) is 0.167. The van der Waals surface area contributed by atoms with E-state index in [1.165, 1.54) is 10.9 Å². The Hall–Kier alpha value is -1.52. The first-order valence-electron chi connectivity index (χ1n) is 5.16. The van der Waals surface area contributed by atoms with Crippen LogP contribution in [0.25, 0.3) is 0 Å². The number of hydrogen-bond donors (Lipinski definition) is 0. The van der Waals surface area contributed by atoms with E-state index in [1.54, 1.807) is 31.4 Å². The topological polar surface area (TPSA) is 44.1 Å². The van der Waals surface area contributed by atoms with Crippen LogP contribution in [0.1, 0.15) is 15.9 Å². The minimum Gasteiger partial charge on any atom is -0.457 e. The number of benzene rings is 1. The van der Waals surface area contributed by atoms with E-state index in [9.17, 15) is 4.79 Å². The molecule has 1 aromatic carbocycles. The molecular weight excluding hydrogens is 275 g/mol. The summed E-state index contributed by atoms with van der Waals surface area (Å²) in [5.41, 5.74) is 1.11. The average Bonchev–Trinajstić information content (AvgIpc) is 2.74. The molecule has 0 spiro atoms. The molecule has 0 atom stereocenters. The van der Waals surface area contributed by atoms with E-state index in [0.717, 1.165) is 0 Å². The van der Waals surface area contributed by atoms with Gasteiger partial charge in [0, 0.05) is 28.9 Å². The molecule has 94 valence electrons. The van der Waals surface area contributed by atoms with E-state index in [4.69, 9.17) is 27.9 Å². The fourth-order valence-corrected chi connectivity index (χ4v) is 1.86.